The molecule has 0 radical (unpaired) electrons. The third-order valence-electron chi connectivity index (χ3n) is 2.54. The number of halogens is 1. The van der Waals surface area contributed by atoms with Gasteiger partial charge in [-0.05, 0) is 43.3 Å². The van der Waals surface area contributed by atoms with E-state index in [1.807, 2.05) is 12.1 Å². The molecule has 0 bridgehead atoms. The third-order valence-corrected chi connectivity index (χ3v) is 3.72. The van der Waals surface area contributed by atoms with Crippen molar-refractivity contribution in [1.29, 1.82) is 5.26 Å². The summed E-state index contributed by atoms with van der Waals surface area (Å²) in [7, 11) is 0. The number of carbonyl (C=O) groups is 1. The molecular weight excluding hydrogens is 322 g/mol. The highest BCUT2D eigenvalue weighted by molar-refractivity contribution is 7.99. The highest BCUT2D eigenvalue weighted by atomic mass is 35.5. The van der Waals surface area contributed by atoms with E-state index in [0.29, 0.717) is 15.9 Å². The summed E-state index contributed by atoms with van der Waals surface area (Å²) in [4.78, 5) is 12.5. The second-order valence-corrected chi connectivity index (χ2v) is 5.62. The van der Waals surface area contributed by atoms with Crippen molar-refractivity contribution in [2.75, 3.05) is 6.61 Å². The first kappa shape index (κ1) is 16.2. The van der Waals surface area contributed by atoms with Gasteiger partial charge in [0.1, 0.15) is 17.4 Å². The summed E-state index contributed by atoms with van der Waals surface area (Å²) in [6.45, 7) is 1.90. The number of carbonyl (C=O) groups excluding carboxylic acids is 1. The van der Waals surface area contributed by atoms with Crippen molar-refractivity contribution in [2.45, 2.75) is 16.9 Å². The largest absolute Gasteiger partial charge is 0.462 e. The molecule has 0 N–H and O–H groups in total. The number of hydrogen-bond acceptors (Lipinski definition) is 5. The molecular formula is C16H12ClNO3S. The molecule has 1 aromatic carbocycles. The Morgan fingerprint density at radius 2 is 2.09 bits per heavy atom. The number of ether oxygens (including phenoxy) is 1. The molecule has 2 rings (SSSR count). The molecule has 0 saturated carbocycles. The Balaban J connectivity index is 2.12. The average Bonchev–Trinajstić information content (AvgIpc) is 2.94. The minimum Gasteiger partial charge on any atom is -0.462 e. The molecule has 1 heterocycles. The highest BCUT2D eigenvalue weighted by Crippen LogP contribution is 2.30. The summed E-state index contributed by atoms with van der Waals surface area (Å²) in [5.74, 6) is -0.241. The zero-order valence-electron chi connectivity index (χ0n) is 11.7. The van der Waals surface area contributed by atoms with Crippen molar-refractivity contribution in [3.63, 3.8) is 0 Å². The molecule has 4 nitrogen and oxygen atoms in total. The fourth-order valence-corrected chi connectivity index (χ4v) is 2.48. The lowest BCUT2D eigenvalue weighted by Gasteiger charge is -1.99. The zero-order chi connectivity index (χ0) is 15.9. The number of nitriles is 1. The normalized spacial score (nSPS) is 11.0. The summed E-state index contributed by atoms with van der Waals surface area (Å²) in [6, 6.07) is 12.6. The number of benzene rings is 1. The Morgan fingerprint density at radius 1 is 1.36 bits per heavy atom. The number of esters is 1. The number of hydrogen-bond donors (Lipinski definition) is 0. The zero-order valence-corrected chi connectivity index (χ0v) is 13.3. The molecule has 2 aromatic rings. The molecule has 0 fully saturated rings. The fourth-order valence-electron chi connectivity index (χ4n) is 1.57. The third kappa shape index (κ3) is 4.42. The first-order valence-electron chi connectivity index (χ1n) is 6.44. The fraction of sp³-hybridized carbons (Fsp3) is 0.125. The molecule has 1 aromatic heterocycles. The summed E-state index contributed by atoms with van der Waals surface area (Å²) < 4.78 is 10.4. The Hall–Kier alpha value is -2.16. The molecule has 0 aliphatic heterocycles. The van der Waals surface area contributed by atoms with Gasteiger partial charge in [0.05, 0.1) is 6.61 Å². The molecule has 0 aliphatic rings. The second-order valence-electron chi connectivity index (χ2n) is 4.10. The lowest BCUT2D eigenvalue weighted by Crippen LogP contribution is -2.05. The maximum Gasteiger partial charge on any atom is 0.349 e. The van der Waals surface area contributed by atoms with Crippen LogP contribution in [0.4, 0.5) is 0 Å². The van der Waals surface area contributed by atoms with E-state index in [9.17, 15) is 4.79 Å². The Bertz CT molecular complexity index is 729. The Labute approximate surface area is 137 Å². The molecule has 0 spiro atoms. The molecule has 6 heteroatoms. The number of rotatable bonds is 5. The number of furan rings is 1. The van der Waals surface area contributed by atoms with Crippen LogP contribution in [-0.4, -0.2) is 12.6 Å². The first-order valence-corrected chi connectivity index (χ1v) is 7.64. The van der Waals surface area contributed by atoms with Crippen LogP contribution in [0.1, 0.15) is 12.7 Å². The Kier molecular flexibility index (Phi) is 5.70. The van der Waals surface area contributed by atoms with Crippen LogP contribution in [0.2, 0.25) is 5.02 Å². The minimum atomic E-state index is -0.659. The van der Waals surface area contributed by atoms with Crippen LogP contribution >= 0.6 is 23.4 Å². The minimum absolute atomic E-state index is 0.0979. The SMILES string of the molecule is CCOC(=O)/C(C#N)=C\c1ccc(Sc2ccc(Cl)cc2)o1. The van der Waals surface area contributed by atoms with Crippen molar-refractivity contribution in [3.05, 3.63) is 52.8 Å². The van der Waals surface area contributed by atoms with Crippen molar-refractivity contribution >= 4 is 35.4 Å². The van der Waals surface area contributed by atoms with Crippen molar-refractivity contribution < 1.29 is 13.9 Å². The van der Waals surface area contributed by atoms with E-state index in [4.69, 9.17) is 26.0 Å². The second kappa shape index (κ2) is 7.74. The van der Waals surface area contributed by atoms with E-state index >= 15 is 0 Å². The maximum atomic E-state index is 11.5. The standard InChI is InChI=1S/C16H12ClNO3S/c1-2-20-16(19)11(10-18)9-13-5-8-15(21-13)22-14-6-3-12(17)4-7-14/h3-9H,2H2,1H3/b11-9-. The van der Waals surface area contributed by atoms with Gasteiger partial charge in [-0.25, -0.2) is 4.79 Å². The van der Waals surface area contributed by atoms with Crippen LogP contribution < -0.4 is 0 Å². The predicted octanol–water partition coefficient (Wildman–Crippen LogP) is 4.55. The van der Waals surface area contributed by atoms with E-state index in [2.05, 4.69) is 0 Å². The molecule has 0 unspecified atom stereocenters. The van der Waals surface area contributed by atoms with Crippen LogP contribution in [0, 0.1) is 11.3 Å². The summed E-state index contributed by atoms with van der Waals surface area (Å²) in [6.07, 6.45) is 1.36. The summed E-state index contributed by atoms with van der Waals surface area (Å²) >= 11 is 7.25. The highest BCUT2D eigenvalue weighted by Gasteiger charge is 2.11. The van der Waals surface area contributed by atoms with Gasteiger partial charge in [0.15, 0.2) is 5.09 Å². The van der Waals surface area contributed by atoms with E-state index in [1.165, 1.54) is 17.8 Å². The lowest BCUT2D eigenvalue weighted by molar-refractivity contribution is -0.137. The average molecular weight is 334 g/mol. The van der Waals surface area contributed by atoms with Gasteiger partial charge in [-0.15, -0.1) is 0 Å². The van der Waals surface area contributed by atoms with Crippen LogP contribution in [0.3, 0.4) is 0 Å². The molecule has 0 aliphatic carbocycles. The van der Waals surface area contributed by atoms with Gasteiger partial charge in [0, 0.05) is 16.0 Å². The van der Waals surface area contributed by atoms with Gasteiger partial charge in [-0.1, -0.05) is 23.4 Å². The maximum absolute atomic E-state index is 11.5. The van der Waals surface area contributed by atoms with Crippen LogP contribution in [0.25, 0.3) is 6.08 Å². The Morgan fingerprint density at radius 3 is 2.73 bits per heavy atom. The predicted molar refractivity (Wildman–Crippen MR) is 84.5 cm³/mol. The van der Waals surface area contributed by atoms with E-state index in [1.54, 1.807) is 37.3 Å². The van der Waals surface area contributed by atoms with Crippen LogP contribution in [0.5, 0.6) is 0 Å². The molecule has 22 heavy (non-hydrogen) atoms. The van der Waals surface area contributed by atoms with Gasteiger partial charge < -0.3 is 9.15 Å². The van der Waals surface area contributed by atoms with Crippen LogP contribution in [-0.2, 0) is 9.53 Å². The summed E-state index contributed by atoms with van der Waals surface area (Å²) in [5, 5.41) is 10.3. The van der Waals surface area contributed by atoms with E-state index in [0.717, 1.165) is 4.90 Å². The smallest absolute Gasteiger partial charge is 0.349 e. The molecule has 0 saturated heterocycles. The monoisotopic (exact) mass is 333 g/mol. The molecule has 0 amide bonds. The van der Waals surface area contributed by atoms with Gasteiger partial charge in [0.25, 0.3) is 0 Å². The van der Waals surface area contributed by atoms with E-state index in [-0.39, 0.29) is 12.2 Å². The first-order chi connectivity index (χ1) is 10.6. The topological polar surface area (TPSA) is 63.2 Å². The molecule has 0 atom stereocenters. The van der Waals surface area contributed by atoms with Crippen LogP contribution in [0.15, 0.2) is 56.4 Å². The van der Waals surface area contributed by atoms with Crippen molar-refractivity contribution in [2.24, 2.45) is 0 Å². The van der Waals surface area contributed by atoms with Gasteiger partial charge in [-0.2, -0.15) is 5.26 Å². The quantitative estimate of drug-likeness (QED) is 0.456. The number of nitrogens with zero attached hydrogens (tertiary/aromatic N) is 1. The van der Waals surface area contributed by atoms with Crippen molar-refractivity contribution in [1.82, 2.24) is 0 Å². The lowest BCUT2D eigenvalue weighted by atomic mass is 10.2. The van der Waals surface area contributed by atoms with E-state index < -0.39 is 5.97 Å². The van der Waals surface area contributed by atoms with Gasteiger partial charge >= 0.3 is 5.97 Å². The molecule has 112 valence electrons. The summed E-state index contributed by atoms with van der Waals surface area (Å²) in [5.41, 5.74) is -0.0979. The van der Waals surface area contributed by atoms with Gasteiger partial charge in [0.2, 0.25) is 0 Å². The van der Waals surface area contributed by atoms with Crippen molar-refractivity contribution in [3.8, 4) is 6.07 Å². The van der Waals surface area contributed by atoms with Gasteiger partial charge in [-0.3, -0.25) is 0 Å².